The number of aryl methyl sites for hydroxylation is 3. The highest BCUT2D eigenvalue weighted by Crippen LogP contribution is 2.34. The van der Waals surface area contributed by atoms with Crippen molar-refractivity contribution in [3.05, 3.63) is 28.8 Å². The Morgan fingerprint density at radius 1 is 1.04 bits per heavy atom. The zero-order chi connectivity index (χ0) is 17.7. The Hall–Kier alpha value is -1.59. The summed E-state index contributed by atoms with van der Waals surface area (Å²) in [5.41, 5.74) is 4.42. The minimum absolute atomic E-state index is 0. The molecular weight excluding hydrogens is 350 g/mol. The van der Waals surface area contributed by atoms with E-state index in [2.05, 4.69) is 24.4 Å². The first-order valence-electron chi connectivity index (χ1n) is 9.31. The topological polar surface area (TPSA) is 52.7 Å². The van der Waals surface area contributed by atoms with Crippen LogP contribution in [0.5, 0.6) is 0 Å². The van der Waals surface area contributed by atoms with Crippen LogP contribution in [0.2, 0.25) is 0 Å². The smallest absolute Gasteiger partial charge is 0.228 e. The summed E-state index contributed by atoms with van der Waals surface area (Å²) in [6, 6.07) is 4.22. The lowest BCUT2D eigenvalue weighted by molar-refractivity contribution is -0.135. The molecule has 6 heteroatoms. The van der Waals surface area contributed by atoms with Crippen LogP contribution in [-0.2, 0) is 9.59 Å². The van der Waals surface area contributed by atoms with Gasteiger partial charge in [0.15, 0.2) is 0 Å². The maximum atomic E-state index is 13.0. The lowest BCUT2D eigenvalue weighted by atomic mass is 10.0. The molecule has 1 aromatic rings. The first kappa shape index (κ1) is 19.2. The number of hydrogen-bond acceptors (Lipinski definition) is 3. The summed E-state index contributed by atoms with van der Waals surface area (Å²) < 4.78 is 0. The number of carbonyl (C=O) groups excluding carboxylic acids is 2. The second-order valence-corrected chi connectivity index (χ2v) is 8.07. The monoisotopic (exact) mass is 377 g/mol. The van der Waals surface area contributed by atoms with Gasteiger partial charge in [-0.1, -0.05) is 17.7 Å². The van der Waals surface area contributed by atoms with Gasteiger partial charge in [0.25, 0.3) is 0 Å². The van der Waals surface area contributed by atoms with Crippen LogP contribution in [0, 0.1) is 38.5 Å². The molecule has 0 aliphatic carbocycles. The molecule has 3 aliphatic heterocycles. The first-order valence-corrected chi connectivity index (χ1v) is 9.31. The average Bonchev–Trinajstić information content (AvgIpc) is 3.20. The number of benzene rings is 1. The van der Waals surface area contributed by atoms with Crippen molar-refractivity contribution in [2.75, 3.05) is 37.6 Å². The van der Waals surface area contributed by atoms with Crippen LogP contribution < -0.4 is 10.2 Å². The highest BCUT2D eigenvalue weighted by molar-refractivity contribution is 6.01. The summed E-state index contributed by atoms with van der Waals surface area (Å²) in [5, 5.41) is 3.41. The lowest BCUT2D eigenvalue weighted by Crippen LogP contribution is -2.37. The number of carbonyl (C=O) groups is 2. The molecule has 3 atom stereocenters. The van der Waals surface area contributed by atoms with Crippen molar-refractivity contribution in [1.82, 2.24) is 10.2 Å². The molecular formula is C20H28ClN3O2. The second kappa shape index (κ2) is 7.20. The van der Waals surface area contributed by atoms with Crippen molar-refractivity contribution in [2.24, 2.45) is 17.8 Å². The summed E-state index contributed by atoms with van der Waals surface area (Å²) in [6.07, 6.45) is 0.343. The van der Waals surface area contributed by atoms with Gasteiger partial charge in [-0.25, -0.2) is 0 Å². The van der Waals surface area contributed by atoms with Gasteiger partial charge in [0.2, 0.25) is 11.8 Å². The van der Waals surface area contributed by atoms with Crippen LogP contribution >= 0.6 is 12.4 Å². The van der Waals surface area contributed by atoms with Crippen LogP contribution in [0.15, 0.2) is 12.1 Å². The van der Waals surface area contributed by atoms with Crippen molar-refractivity contribution >= 4 is 29.9 Å². The van der Waals surface area contributed by atoms with Gasteiger partial charge in [-0.15, -0.1) is 12.4 Å². The van der Waals surface area contributed by atoms with E-state index in [1.807, 2.05) is 23.6 Å². The minimum Gasteiger partial charge on any atom is -0.342 e. The van der Waals surface area contributed by atoms with Gasteiger partial charge in [-0.3, -0.25) is 9.59 Å². The van der Waals surface area contributed by atoms with E-state index in [4.69, 9.17) is 0 Å². The molecule has 3 aliphatic rings. The molecule has 5 nitrogen and oxygen atoms in total. The predicted molar refractivity (Wildman–Crippen MR) is 105 cm³/mol. The first-order chi connectivity index (χ1) is 11.9. The Morgan fingerprint density at radius 2 is 1.62 bits per heavy atom. The number of fused-ring (bicyclic) bond motifs is 1. The number of anilines is 1. The lowest BCUT2D eigenvalue weighted by Gasteiger charge is -2.24. The van der Waals surface area contributed by atoms with Crippen molar-refractivity contribution in [3.8, 4) is 0 Å². The van der Waals surface area contributed by atoms with Crippen molar-refractivity contribution in [3.63, 3.8) is 0 Å². The Morgan fingerprint density at radius 3 is 2.19 bits per heavy atom. The Labute approximate surface area is 161 Å². The van der Waals surface area contributed by atoms with Gasteiger partial charge in [-0.2, -0.15) is 0 Å². The zero-order valence-electron chi connectivity index (χ0n) is 15.7. The third kappa shape index (κ3) is 3.23. The summed E-state index contributed by atoms with van der Waals surface area (Å²) >= 11 is 0. The molecule has 1 N–H and O–H groups in total. The third-order valence-corrected chi connectivity index (χ3v) is 6.08. The molecule has 1 aromatic carbocycles. The van der Waals surface area contributed by atoms with E-state index in [9.17, 15) is 9.59 Å². The zero-order valence-corrected chi connectivity index (χ0v) is 16.6. The number of nitrogens with zero attached hydrogens (tertiary/aromatic N) is 2. The standard InChI is InChI=1S/C20H27N3O2.ClH/c1-12-4-13(2)19(14(3)5-12)23-11-15(6-18(23)24)20(25)22-9-16-7-21-8-17(16)10-22;/h4-5,15-17,21H,6-11H2,1-3H3;1H/t15?,16-,17+;. The second-order valence-electron chi connectivity index (χ2n) is 8.07. The van der Waals surface area contributed by atoms with E-state index >= 15 is 0 Å². The van der Waals surface area contributed by atoms with Gasteiger partial charge in [0.1, 0.15) is 0 Å². The van der Waals surface area contributed by atoms with E-state index in [0.29, 0.717) is 24.8 Å². The third-order valence-electron chi connectivity index (χ3n) is 6.08. The maximum Gasteiger partial charge on any atom is 0.228 e. The fourth-order valence-corrected chi connectivity index (χ4v) is 4.98. The van der Waals surface area contributed by atoms with Gasteiger partial charge >= 0.3 is 0 Å². The summed E-state index contributed by atoms with van der Waals surface area (Å²) in [7, 11) is 0. The molecule has 0 aromatic heterocycles. The molecule has 1 unspecified atom stereocenters. The SMILES string of the molecule is Cc1cc(C)c(N2CC(C(=O)N3C[C@H]4CNC[C@H]4C3)CC2=O)c(C)c1.Cl. The summed E-state index contributed by atoms with van der Waals surface area (Å²) in [5.74, 6) is 1.25. The number of nitrogens with one attached hydrogen (secondary N) is 1. The van der Waals surface area contributed by atoms with E-state index in [0.717, 1.165) is 43.0 Å². The van der Waals surface area contributed by atoms with E-state index < -0.39 is 0 Å². The Bertz CT molecular complexity index is 701. The number of amides is 2. The van der Waals surface area contributed by atoms with Crippen LogP contribution in [0.25, 0.3) is 0 Å². The molecule has 26 heavy (non-hydrogen) atoms. The normalized spacial score (nSPS) is 27.7. The van der Waals surface area contributed by atoms with Gasteiger partial charge in [0.05, 0.1) is 5.92 Å². The molecule has 2 amide bonds. The average molecular weight is 378 g/mol. The molecule has 0 bridgehead atoms. The molecule has 3 heterocycles. The molecule has 0 saturated carbocycles. The summed E-state index contributed by atoms with van der Waals surface area (Å²) in [6.45, 7) is 10.4. The quantitative estimate of drug-likeness (QED) is 0.858. The van der Waals surface area contributed by atoms with Crippen molar-refractivity contribution in [2.45, 2.75) is 27.2 Å². The number of likely N-dealkylation sites (tertiary alicyclic amines) is 1. The highest BCUT2D eigenvalue weighted by atomic mass is 35.5. The van der Waals surface area contributed by atoms with Crippen LogP contribution in [0.1, 0.15) is 23.1 Å². The largest absolute Gasteiger partial charge is 0.342 e. The van der Waals surface area contributed by atoms with Crippen LogP contribution in [-0.4, -0.2) is 49.4 Å². The summed E-state index contributed by atoms with van der Waals surface area (Å²) in [4.78, 5) is 29.4. The fraction of sp³-hybridized carbons (Fsp3) is 0.600. The van der Waals surface area contributed by atoms with Gasteiger partial charge in [-0.05, 0) is 43.7 Å². The van der Waals surface area contributed by atoms with Gasteiger partial charge < -0.3 is 15.1 Å². The molecule has 142 valence electrons. The van der Waals surface area contributed by atoms with E-state index in [1.165, 1.54) is 5.56 Å². The molecule has 0 radical (unpaired) electrons. The molecule has 3 fully saturated rings. The Balaban J connectivity index is 0.00000196. The van der Waals surface area contributed by atoms with Crippen LogP contribution in [0.4, 0.5) is 5.69 Å². The predicted octanol–water partition coefficient (Wildman–Crippen LogP) is 2.06. The van der Waals surface area contributed by atoms with E-state index in [1.54, 1.807) is 0 Å². The minimum atomic E-state index is -0.195. The number of rotatable bonds is 2. The number of hydrogen-bond donors (Lipinski definition) is 1. The van der Waals surface area contributed by atoms with Gasteiger partial charge in [0, 0.05) is 44.8 Å². The van der Waals surface area contributed by atoms with Crippen molar-refractivity contribution in [1.29, 1.82) is 0 Å². The van der Waals surface area contributed by atoms with Crippen LogP contribution in [0.3, 0.4) is 0 Å². The van der Waals surface area contributed by atoms with Crippen molar-refractivity contribution < 1.29 is 9.59 Å². The molecule has 4 rings (SSSR count). The molecule has 0 spiro atoms. The molecule has 3 saturated heterocycles. The Kier molecular flexibility index (Phi) is 5.31. The highest BCUT2D eigenvalue weighted by Gasteiger charge is 2.43. The fourth-order valence-electron chi connectivity index (χ4n) is 4.98. The number of halogens is 1. The maximum absolute atomic E-state index is 13.0. The van der Waals surface area contributed by atoms with E-state index in [-0.39, 0.29) is 30.1 Å².